The first kappa shape index (κ1) is 65.0. The molecule has 0 saturated heterocycles. The lowest BCUT2D eigenvalue weighted by Gasteiger charge is -2.27. The first-order valence-corrected chi connectivity index (χ1v) is 35.6. The fourth-order valence-corrected chi connectivity index (χ4v) is 14.1. The van der Waals surface area contributed by atoms with E-state index in [1.165, 1.54) is 122 Å². The smallest absolute Gasteiger partial charge is 0.0468 e. The predicted molar refractivity (Wildman–Crippen MR) is 442 cm³/mol. The van der Waals surface area contributed by atoms with Gasteiger partial charge in [0.15, 0.2) is 0 Å². The molecule has 104 heavy (non-hydrogen) atoms. The molecule has 0 atom stereocenters. The zero-order valence-corrected chi connectivity index (χ0v) is 57.6. The van der Waals surface area contributed by atoms with Gasteiger partial charge < -0.3 is 9.80 Å². The van der Waals surface area contributed by atoms with E-state index >= 15 is 0 Å². The predicted octanol–water partition coefficient (Wildman–Crippen LogP) is 28.6. The average Bonchev–Trinajstić information content (AvgIpc) is 0.774. The van der Waals surface area contributed by atoms with Crippen molar-refractivity contribution in [1.82, 2.24) is 0 Å². The molecule has 0 unspecified atom stereocenters. The molecule has 0 amide bonds. The van der Waals surface area contributed by atoms with Crippen LogP contribution in [-0.2, 0) is 0 Å². The molecule has 17 aromatic carbocycles. The molecule has 0 spiro atoms. The Morgan fingerprint density at radius 1 is 0.0962 bits per heavy atom. The SMILES string of the molecule is c1ccc(-c2ccc(-c3ccc(-c4cc(N(c5ccc(-c6ccccc6)cc5)c5ccc(-c6ccccc6)cc5)ccc4-c4ccccc4)cc3)cc2)cc1.c1ccc(-c2ccc(N(c3ccc(-c4ccccc4)cc3)c3ccc(-c4ccccc4)c(-c4ccccc4-c4ccccc4)c3)cc2)cc1. The summed E-state index contributed by atoms with van der Waals surface area (Å²) in [5, 5.41) is 0. The zero-order chi connectivity index (χ0) is 69.6. The van der Waals surface area contributed by atoms with E-state index in [0.29, 0.717) is 0 Å². The summed E-state index contributed by atoms with van der Waals surface area (Å²) in [5.41, 5.74) is 33.0. The second-order valence-corrected chi connectivity index (χ2v) is 25.9. The molecule has 0 radical (unpaired) electrons. The molecule has 0 N–H and O–H groups in total. The van der Waals surface area contributed by atoms with Gasteiger partial charge in [-0.1, -0.05) is 376 Å². The molecule has 0 heterocycles. The van der Waals surface area contributed by atoms with Crippen LogP contribution in [-0.4, -0.2) is 0 Å². The van der Waals surface area contributed by atoms with Crippen molar-refractivity contribution < 1.29 is 0 Å². The second kappa shape index (κ2) is 30.8. The highest BCUT2D eigenvalue weighted by Crippen LogP contribution is 2.46. The Bertz CT molecular complexity index is 5440. The average molecular weight is 1330 g/mol. The highest BCUT2D eigenvalue weighted by Gasteiger charge is 2.21. The summed E-state index contributed by atoms with van der Waals surface area (Å²) in [7, 11) is 0. The molecule has 0 aliphatic rings. The van der Waals surface area contributed by atoms with Crippen molar-refractivity contribution in [1.29, 1.82) is 0 Å². The van der Waals surface area contributed by atoms with E-state index in [0.717, 1.165) is 34.1 Å². The summed E-state index contributed by atoms with van der Waals surface area (Å²) < 4.78 is 0. The molecule has 0 aliphatic heterocycles. The Kier molecular flexibility index (Phi) is 19.3. The lowest BCUT2D eigenvalue weighted by atomic mass is 9.89. The largest absolute Gasteiger partial charge is 0.310 e. The highest BCUT2D eigenvalue weighted by molar-refractivity contribution is 5.96. The molecule has 17 aromatic rings. The van der Waals surface area contributed by atoms with Crippen molar-refractivity contribution in [2.45, 2.75) is 0 Å². The van der Waals surface area contributed by atoms with E-state index in [1.807, 2.05) is 0 Å². The molecule has 2 nitrogen and oxygen atoms in total. The van der Waals surface area contributed by atoms with Crippen LogP contribution in [0.3, 0.4) is 0 Å². The third kappa shape index (κ3) is 14.5. The number of nitrogens with zero attached hydrogens (tertiary/aromatic N) is 2. The summed E-state index contributed by atoms with van der Waals surface area (Å²) in [4.78, 5) is 4.73. The third-order valence-electron chi connectivity index (χ3n) is 19.4. The van der Waals surface area contributed by atoms with Gasteiger partial charge in [-0.3, -0.25) is 0 Å². The lowest BCUT2D eigenvalue weighted by molar-refractivity contribution is 1.28. The summed E-state index contributed by atoms with van der Waals surface area (Å²) in [5.74, 6) is 0. The summed E-state index contributed by atoms with van der Waals surface area (Å²) in [6.45, 7) is 0. The maximum Gasteiger partial charge on any atom is 0.0468 e. The Hall–Kier alpha value is -13.7. The normalized spacial score (nSPS) is 10.9. The van der Waals surface area contributed by atoms with Crippen LogP contribution in [0.15, 0.2) is 449 Å². The lowest BCUT2D eigenvalue weighted by Crippen LogP contribution is -2.10. The first-order chi connectivity index (χ1) is 51.6. The van der Waals surface area contributed by atoms with Crippen molar-refractivity contribution in [2.75, 3.05) is 9.80 Å². The Morgan fingerprint density at radius 3 is 0.529 bits per heavy atom. The molecule has 2 heteroatoms. The summed E-state index contributed by atoms with van der Waals surface area (Å²) >= 11 is 0. The topological polar surface area (TPSA) is 6.48 Å². The van der Waals surface area contributed by atoms with Crippen LogP contribution in [0.25, 0.3) is 122 Å². The highest BCUT2D eigenvalue weighted by atomic mass is 15.1. The van der Waals surface area contributed by atoms with Gasteiger partial charge in [-0.2, -0.15) is 0 Å². The maximum atomic E-state index is 2.37. The van der Waals surface area contributed by atoms with Gasteiger partial charge >= 0.3 is 0 Å². The van der Waals surface area contributed by atoms with Gasteiger partial charge in [0.05, 0.1) is 0 Å². The van der Waals surface area contributed by atoms with Crippen LogP contribution >= 0.6 is 0 Å². The third-order valence-corrected chi connectivity index (χ3v) is 19.4. The molecule has 0 aliphatic carbocycles. The number of hydrogen-bond donors (Lipinski definition) is 0. The quantitative estimate of drug-likeness (QED) is 0.0896. The van der Waals surface area contributed by atoms with Gasteiger partial charge in [-0.05, 0) is 195 Å². The van der Waals surface area contributed by atoms with Crippen molar-refractivity contribution in [3.8, 4) is 122 Å². The standard InChI is InChI=1S/C54H39N.C48H35N/c1-5-13-40(14-6-1)43-21-23-44(24-22-43)45-25-27-49(28-26-45)54-39-52(37-38-53(54)48-19-11-4-12-20-48)55(50-33-29-46(30-34-50)41-15-7-2-8-16-41)51-35-31-47(32-36-51)42-17-9-3-10-18-42;1-5-15-36(16-6-1)38-25-29-42(30-26-38)49(43-31-27-39(28-32-43)37-17-7-2-8-18-37)44-33-34-46(41-21-11-4-12-22-41)48(35-44)47-24-14-13-23-45(47)40-19-9-3-10-20-40/h1-39H;1-35H. The van der Waals surface area contributed by atoms with Crippen molar-refractivity contribution >= 4 is 34.1 Å². The van der Waals surface area contributed by atoms with E-state index in [9.17, 15) is 0 Å². The molecular weight excluding hydrogens is 1250 g/mol. The number of hydrogen-bond acceptors (Lipinski definition) is 2. The van der Waals surface area contributed by atoms with Gasteiger partial charge in [-0.15, -0.1) is 0 Å². The zero-order valence-electron chi connectivity index (χ0n) is 57.6. The molecule has 0 aromatic heterocycles. The van der Waals surface area contributed by atoms with E-state index < -0.39 is 0 Å². The molecule has 0 fully saturated rings. The number of anilines is 6. The van der Waals surface area contributed by atoms with Gasteiger partial charge in [0.25, 0.3) is 0 Å². The van der Waals surface area contributed by atoms with Gasteiger partial charge in [0, 0.05) is 34.1 Å². The van der Waals surface area contributed by atoms with Crippen molar-refractivity contribution in [2.24, 2.45) is 0 Å². The van der Waals surface area contributed by atoms with Crippen LogP contribution in [0, 0.1) is 0 Å². The van der Waals surface area contributed by atoms with Crippen LogP contribution < -0.4 is 9.80 Å². The summed E-state index contributed by atoms with van der Waals surface area (Å²) in [6.07, 6.45) is 0. The monoisotopic (exact) mass is 1330 g/mol. The molecule has 0 bridgehead atoms. The van der Waals surface area contributed by atoms with Gasteiger partial charge in [0.1, 0.15) is 0 Å². The van der Waals surface area contributed by atoms with E-state index in [2.05, 4.69) is 459 Å². The minimum absolute atomic E-state index is 1.09. The van der Waals surface area contributed by atoms with Crippen LogP contribution in [0.1, 0.15) is 0 Å². The van der Waals surface area contributed by atoms with Crippen LogP contribution in [0.4, 0.5) is 34.1 Å². The van der Waals surface area contributed by atoms with Crippen LogP contribution in [0.2, 0.25) is 0 Å². The van der Waals surface area contributed by atoms with Crippen molar-refractivity contribution in [3.63, 3.8) is 0 Å². The number of benzene rings is 17. The Labute approximate surface area is 611 Å². The molecular formula is C102H74N2. The number of rotatable bonds is 17. The van der Waals surface area contributed by atoms with Gasteiger partial charge in [-0.25, -0.2) is 0 Å². The molecule has 0 saturated carbocycles. The Morgan fingerprint density at radius 2 is 0.260 bits per heavy atom. The molecule has 492 valence electrons. The van der Waals surface area contributed by atoms with Crippen molar-refractivity contribution in [3.05, 3.63) is 449 Å². The fraction of sp³-hybridized carbons (Fsp3) is 0. The van der Waals surface area contributed by atoms with E-state index in [-0.39, 0.29) is 0 Å². The molecule has 17 rings (SSSR count). The minimum atomic E-state index is 1.09. The minimum Gasteiger partial charge on any atom is -0.310 e. The second-order valence-electron chi connectivity index (χ2n) is 25.9. The van der Waals surface area contributed by atoms with E-state index in [4.69, 9.17) is 0 Å². The van der Waals surface area contributed by atoms with E-state index in [1.54, 1.807) is 0 Å². The maximum absolute atomic E-state index is 2.37. The Balaban J connectivity index is 0.000000161. The van der Waals surface area contributed by atoms with Crippen LogP contribution in [0.5, 0.6) is 0 Å². The van der Waals surface area contributed by atoms with Gasteiger partial charge in [0.2, 0.25) is 0 Å². The summed E-state index contributed by atoms with van der Waals surface area (Å²) in [6, 6.07) is 161. The fourth-order valence-electron chi connectivity index (χ4n) is 14.1. The first-order valence-electron chi connectivity index (χ1n) is 35.6.